The van der Waals surface area contributed by atoms with Gasteiger partial charge >= 0.3 is 0 Å². The van der Waals surface area contributed by atoms with Crippen LogP contribution in [0.5, 0.6) is 0 Å². The number of halogens is 2. The van der Waals surface area contributed by atoms with Crippen molar-refractivity contribution >= 4 is 22.5 Å². The Hall–Kier alpha value is -1.22. The summed E-state index contributed by atoms with van der Waals surface area (Å²) in [7, 11) is 0. The number of hydrogen-bond acceptors (Lipinski definition) is 2. The second kappa shape index (κ2) is 2.92. The van der Waals surface area contributed by atoms with Crippen LogP contribution in [0, 0.1) is 12.7 Å². The van der Waals surface area contributed by atoms with E-state index in [-0.39, 0.29) is 5.02 Å². The third-order valence-corrected chi connectivity index (χ3v) is 2.03. The zero-order valence-electron chi connectivity index (χ0n) is 6.88. The molecule has 0 aliphatic heterocycles. The van der Waals surface area contributed by atoms with Gasteiger partial charge in [-0.1, -0.05) is 11.6 Å². The molecule has 2 nitrogen and oxygen atoms in total. The molecule has 0 radical (unpaired) electrons. The molecule has 0 fully saturated rings. The van der Waals surface area contributed by atoms with Gasteiger partial charge in [-0.15, -0.1) is 0 Å². The number of aryl methyl sites for hydroxylation is 1. The summed E-state index contributed by atoms with van der Waals surface area (Å²) in [6.07, 6.45) is 1.63. The number of fused-ring (bicyclic) bond motifs is 1. The quantitative estimate of drug-likeness (QED) is 0.648. The van der Waals surface area contributed by atoms with E-state index in [2.05, 4.69) is 9.97 Å². The molecule has 13 heavy (non-hydrogen) atoms. The van der Waals surface area contributed by atoms with Gasteiger partial charge in [0.25, 0.3) is 0 Å². The van der Waals surface area contributed by atoms with Crippen molar-refractivity contribution in [3.05, 3.63) is 35.0 Å². The van der Waals surface area contributed by atoms with Gasteiger partial charge in [0.15, 0.2) is 0 Å². The first-order chi connectivity index (χ1) is 6.16. The van der Waals surface area contributed by atoms with Gasteiger partial charge < -0.3 is 0 Å². The van der Waals surface area contributed by atoms with Gasteiger partial charge in [-0.2, -0.15) is 0 Å². The van der Waals surface area contributed by atoms with Crippen LogP contribution in [-0.4, -0.2) is 9.97 Å². The van der Waals surface area contributed by atoms with Crippen LogP contribution in [0.4, 0.5) is 4.39 Å². The first-order valence-corrected chi connectivity index (χ1v) is 4.13. The molecule has 0 unspecified atom stereocenters. The fourth-order valence-electron chi connectivity index (χ4n) is 1.12. The molecule has 2 aromatic rings. The Bertz CT molecular complexity index is 470. The summed E-state index contributed by atoms with van der Waals surface area (Å²) in [6.45, 7) is 1.76. The van der Waals surface area contributed by atoms with Crippen molar-refractivity contribution in [3.8, 4) is 0 Å². The van der Waals surface area contributed by atoms with Gasteiger partial charge in [-0.3, -0.25) is 0 Å². The van der Waals surface area contributed by atoms with Crippen molar-refractivity contribution < 1.29 is 4.39 Å². The second-order valence-corrected chi connectivity index (χ2v) is 3.15. The maximum Gasteiger partial charge on any atom is 0.143 e. The molecule has 0 saturated heterocycles. The predicted octanol–water partition coefficient (Wildman–Crippen LogP) is 2.73. The normalized spacial score (nSPS) is 10.7. The van der Waals surface area contributed by atoms with Crippen LogP contribution in [0.25, 0.3) is 10.9 Å². The maximum absolute atomic E-state index is 13.0. The standard InChI is InChI=1S/C9H6ClFN2/c1-5-12-4-6-2-7(10)8(11)3-9(6)13-5/h2-4H,1H3. The van der Waals surface area contributed by atoms with E-state index in [1.54, 1.807) is 13.1 Å². The van der Waals surface area contributed by atoms with Crippen molar-refractivity contribution in [1.82, 2.24) is 9.97 Å². The van der Waals surface area contributed by atoms with E-state index in [0.29, 0.717) is 11.3 Å². The highest BCUT2D eigenvalue weighted by Gasteiger charge is 2.03. The molecule has 0 aliphatic rings. The van der Waals surface area contributed by atoms with Gasteiger partial charge in [-0.25, -0.2) is 14.4 Å². The van der Waals surface area contributed by atoms with Gasteiger partial charge in [0.2, 0.25) is 0 Å². The molecule has 0 aliphatic carbocycles. The molecule has 0 atom stereocenters. The van der Waals surface area contributed by atoms with Crippen molar-refractivity contribution in [2.45, 2.75) is 6.92 Å². The Kier molecular flexibility index (Phi) is 1.88. The highest BCUT2D eigenvalue weighted by molar-refractivity contribution is 6.31. The van der Waals surface area contributed by atoms with Crippen LogP contribution < -0.4 is 0 Å². The highest BCUT2D eigenvalue weighted by Crippen LogP contribution is 2.20. The van der Waals surface area contributed by atoms with Crippen LogP contribution in [-0.2, 0) is 0 Å². The third-order valence-electron chi connectivity index (χ3n) is 1.74. The van der Waals surface area contributed by atoms with Crippen molar-refractivity contribution in [3.63, 3.8) is 0 Å². The fraction of sp³-hybridized carbons (Fsp3) is 0.111. The van der Waals surface area contributed by atoms with Crippen LogP contribution >= 0.6 is 11.6 Å². The zero-order chi connectivity index (χ0) is 9.42. The molecule has 66 valence electrons. The minimum absolute atomic E-state index is 0.0972. The Morgan fingerprint density at radius 1 is 1.38 bits per heavy atom. The Morgan fingerprint density at radius 3 is 2.92 bits per heavy atom. The molecule has 0 bridgehead atoms. The van der Waals surface area contributed by atoms with Gasteiger partial charge in [-0.05, 0) is 13.0 Å². The maximum atomic E-state index is 13.0. The number of hydrogen-bond donors (Lipinski definition) is 0. The lowest BCUT2D eigenvalue weighted by molar-refractivity contribution is 0.629. The summed E-state index contributed by atoms with van der Waals surface area (Å²) >= 11 is 5.60. The molecule has 0 N–H and O–H groups in total. The van der Waals surface area contributed by atoms with Gasteiger partial charge in [0.1, 0.15) is 11.6 Å². The van der Waals surface area contributed by atoms with E-state index in [0.717, 1.165) is 5.39 Å². The van der Waals surface area contributed by atoms with E-state index in [1.807, 2.05) is 0 Å². The molecule has 0 amide bonds. The van der Waals surface area contributed by atoms with E-state index >= 15 is 0 Å². The van der Waals surface area contributed by atoms with Gasteiger partial charge in [0, 0.05) is 17.6 Å². The lowest BCUT2D eigenvalue weighted by Crippen LogP contribution is -1.89. The molecule has 1 heterocycles. The Balaban J connectivity index is 2.81. The summed E-state index contributed by atoms with van der Waals surface area (Å²) < 4.78 is 13.0. The van der Waals surface area contributed by atoms with Crippen LogP contribution in [0.2, 0.25) is 5.02 Å². The number of benzene rings is 1. The molecule has 1 aromatic heterocycles. The van der Waals surface area contributed by atoms with Crippen LogP contribution in [0.3, 0.4) is 0 Å². The average Bonchev–Trinajstić information content (AvgIpc) is 2.08. The third kappa shape index (κ3) is 1.47. The Labute approximate surface area is 79.4 Å². The zero-order valence-corrected chi connectivity index (χ0v) is 7.64. The average molecular weight is 197 g/mol. The smallest absolute Gasteiger partial charge is 0.143 e. The number of rotatable bonds is 0. The fourth-order valence-corrected chi connectivity index (χ4v) is 1.29. The SMILES string of the molecule is Cc1ncc2cc(Cl)c(F)cc2n1. The minimum atomic E-state index is -0.452. The molecule has 0 saturated carbocycles. The summed E-state index contributed by atoms with van der Waals surface area (Å²) in [5.74, 6) is 0.168. The van der Waals surface area contributed by atoms with Gasteiger partial charge in [0.05, 0.1) is 10.5 Å². The Morgan fingerprint density at radius 2 is 2.15 bits per heavy atom. The van der Waals surface area contributed by atoms with E-state index < -0.39 is 5.82 Å². The van der Waals surface area contributed by atoms with Crippen molar-refractivity contribution in [1.29, 1.82) is 0 Å². The lowest BCUT2D eigenvalue weighted by atomic mass is 10.2. The molecular formula is C9H6ClFN2. The number of aromatic nitrogens is 2. The summed E-state index contributed by atoms with van der Waals surface area (Å²) in [6, 6.07) is 2.83. The monoisotopic (exact) mass is 196 g/mol. The summed E-state index contributed by atoms with van der Waals surface area (Å²) in [4.78, 5) is 8.05. The lowest BCUT2D eigenvalue weighted by Gasteiger charge is -1.99. The molecule has 2 rings (SSSR count). The largest absolute Gasteiger partial charge is 0.241 e. The van der Waals surface area contributed by atoms with Crippen LogP contribution in [0.15, 0.2) is 18.3 Å². The summed E-state index contributed by atoms with van der Waals surface area (Å²) in [5, 5.41) is 0.844. The predicted molar refractivity (Wildman–Crippen MR) is 49.2 cm³/mol. The van der Waals surface area contributed by atoms with Crippen molar-refractivity contribution in [2.24, 2.45) is 0 Å². The van der Waals surface area contributed by atoms with E-state index in [1.165, 1.54) is 12.1 Å². The molecule has 4 heteroatoms. The number of nitrogens with zero attached hydrogens (tertiary/aromatic N) is 2. The van der Waals surface area contributed by atoms with Crippen LogP contribution in [0.1, 0.15) is 5.82 Å². The molecule has 0 spiro atoms. The van der Waals surface area contributed by atoms with E-state index in [9.17, 15) is 4.39 Å². The topological polar surface area (TPSA) is 25.8 Å². The van der Waals surface area contributed by atoms with Crippen molar-refractivity contribution in [2.75, 3.05) is 0 Å². The molecule has 1 aromatic carbocycles. The minimum Gasteiger partial charge on any atom is -0.241 e. The van der Waals surface area contributed by atoms with E-state index in [4.69, 9.17) is 11.6 Å². The highest BCUT2D eigenvalue weighted by atomic mass is 35.5. The summed E-state index contributed by atoms with van der Waals surface area (Å²) in [5.41, 5.74) is 0.578. The first-order valence-electron chi connectivity index (χ1n) is 3.75. The first kappa shape index (κ1) is 8.38. The second-order valence-electron chi connectivity index (χ2n) is 2.74. The molecular weight excluding hydrogens is 191 g/mol.